The minimum absolute atomic E-state index is 0.0234. The topological polar surface area (TPSA) is 85.4 Å². The number of nitrogens with zero attached hydrogens (tertiary/aromatic N) is 5. The number of para-hydroxylation sites is 1. The van der Waals surface area contributed by atoms with Crippen LogP contribution in [0.1, 0.15) is 50.6 Å². The fourth-order valence-corrected chi connectivity index (χ4v) is 6.85. The van der Waals surface area contributed by atoms with Gasteiger partial charge in [-0.1, -0.05) is 24.3 Å². The smallest absolute Gasteiger partial charge is 0.274 e. The lowest BCUT2D eigenvalue weighted by Gasteiger charge is -2.50. The Hall–Kier alpha value is -3.72. The molecule has 9 heteroatoms. The monoisotopic (exact) mass is 529 g/mol. The number of aromatic nitrogens is 4. The lowest BCUT2D eigenvalue weighted by molar-refractivity contribution is -0.0465. The number of halogens is 1. The number of anilines is 1. The average molecular weight is 530 g/mol. The van der Waals surface area contributed by atoms with Gasteiger partial charge in [-0.3, -0.25) is 9.48 Å². The largest absolute Gasteiger partial charge is 0.460 e. The van der Waals surface area contributed by atoms with Gasteiger partial charge in [-0.15, -0.1) is 0 Å². The molecule has 1 N–H and O–H groups in total. The Bertz CT molecular complexity index is 1580. The van der Waals surface area contributed by atoms with Crippen LogP contribution in [0.2, 0.25) is 0 Å². The first-order chi connectivity index (χ1) is 18.9. The fraction of sp³-hybridized carbons (Fsp3) is 0.433. The van der Waals surface area contributed by atoms with Gasteiger partial charge in [0, 0.05) is 50.1 Å². The molecule has 1 saturated carbocycles. The highest BCUT2D eigenvalue weighted by Gasteiger charge is 2.45. The maximum atomic E-state index is 13.8. The standard InChI is InChI=1S/C30H32FN5O3/c1-19(31)39-27-5-3-2-4-23(27)25-8-11-35-28(38)24-7-6-20(14-26(24)36(25)35)21-17-32-29(33-18-21)34-12-9-30(10-13-34)15-22(37)16-30/h2-7,14,17-19,22,25,37H,8-13,15-16H2,1H3/t19?,25-/m1/s1. The van der Waals surface area contributed by atoms with Crippen molar-refractivity contribution in [2.24, 2.45) is 5.41 Å². The van der Waals surface area contributed by atoms with Crippen LogP contribution in [-0.4, -0.2) is 50.0 Å². The predicted molar refractivity (Wildman–Crippen MR) is 147 cm³/mol. The number of hydrogen-bond acceptors (Lipinski definition) is 6. The molecule has 2 aromatic heterocycles. The summed E-state index contributed by atoms with van der Waals surface area (Å²) in [6.07, 6.45) is 6.85. The molecule has 1 aliphatic carbocycles. The Labute approximate surface area is 225 Å². The van der Waals surface area contributed by atoms with Crippen molar-refractivity contribution in [3.05, 3.63) is 70.8 Å². The molecule has 7 rings (SSSR count). The van der Waals surface area contributed by atoms with Gasteiger partial charge in [-0.25, -0.2) is 19.0 Å². The summed E-state index contributed by atoms with van der Waals surface area (Å²) in [5, 5.41) is 10.4. The van der Waals surface area contributed by atoms with E-state index in [1.807, 2.05) is 53.5 Å². The van der Waals surface area contributed by atoms with E-state index in [1.54, 1.807) is 10.7 Å². The molecule has 39 heavy (non-hydrogen) atoms. The van der Waals surface area contributed by atoms with Crippen LogP contribution in [0.4, 0.5) is 10.3 Å². The van der Waals surface area contributed by atoms with Crippen LogP contribution in [0.25, 0.3) is 22.0 Å². The summed E-state index contributed by atoms with van der Waals surface area (Å²) >= 11 is 0. The first kappa shape index (κ1) is 24.3. The number of fused-ring (bicyclic) bond motifs is 3. The molecule has 0 radical (unpaired) electrons. The summed E-state index contributed by atoms with van der Waals surface area (Å²) in [7, 11) is 0. The molecule has 0 bridgehead atoms. The predicted octanol–water partition coefficient (Wildman–Crippen LogP) is 4.69. The van der Waals surface area contributed by atoms with Crippen LogP contribution in [0.15, 0.2) is 59.7 Å². The summed E-state index contributed by atoms with van der Waals surface area (Å²) in [4.78, 5) is 24.8. The third kappa shape index (κ3) is 4.11. The van der Waals surface area contributed by atoms with E-state index in [0.29, 0.717) is 23.1 Å². The number of benzene rings is 2. The van der Waals surface area contributed by atoms with Crippen LogP contribution in [0.3, 0.4) is 0 Å². The number of aliphatic hydroxyl groups excluding tert-OH is 1. The van der Waals surface area contributed by atoms with Crippen molar-refractivity contribution >= 4 is 16.9 Å². The molecule has 1 saturated heterocycles. The Kier molecular flexibility index (Phi) is 5.73. The molecular formula is C30H32FN5O3. The minimum Gasteiger partial charge on any atom is -0.460 e. The Balaban J connectivity index is 1.18. The molecule has 1 spiro atoms. The van der Waals surface area contributed by atoms with Crippen molar-refractivity contribution in [1.29, 1.82) is 0 Å². The zero-order valence-corrected chi connectivity index (χ0v) is 22.0. The Morgan fingerprint density at radius 1 is 1.05 bits per heavy atom. The van der Waals surface area contributed by atoms with Gasteiger partial charge in [-0.05, 0) is 61.3 Å². The van der Waals surface area contributed by atoms with E-state index < -0.39 is 6.36 Å². The molecule has 8 nitrogen and oxygen atoms in total. The van der Waals surface area contributed by atoms with Gasteiger partial charge in [0.1, 0.15) is 5.75 Å². The van der Waals surface area contributed by atoms with E-state index >= 15 is 0 Å². The lowest BCUT2D eigenvalue weighted by atomic mass is 9.61. The highest BCUT2D eigenvalue weighted by atomic mass is 19.1. The molecule has 3 aliphatic rings. The molecular weight excluding hydrogens is 497 g/mol. The zero-order chi connectivity index (χ0) is 26.7. The molecule has 2 aliphatic heterocycles. The third-order valence-corrected chi connectivity index (χ3v) is 8.86. The summed E-state index contributed by atoms with van der Waals surface area (Å²) in [6, 6.07) is 13.2. The number of hydrogen-bond donors (Lipinski definition) is 1. The molecule has 1 unspecified atom stereocenters. The van der Waals surface area contributed by atoms with E-state index in [1.165, 1.54) is 6.92 Å². The lowest BCUT2D eigenvalue weighted by Crippen LogP contribution is -2.49. The SMILES string of the molecule is CC(F)Oc1ccccc1[C@H]1CCn2c(=O)c3ccc(-c4cnc(N5CCC6(CC5)CC(O)C6)nc4)cc3n21. The van der Waals surface area contributed by atoms with Crippen molar-refractivity contribution in [3.63, 3.8) is 0 Å². The summed E-state index contributed by atoms with van der Waals surface area (Å²) in [5.74, 6) is 1.23. The summed E-state index contributed by atoms with van der Waals surface area (Å²) in [5.41, 5.74) is 3.80. The van der Waals surface area contributed by atoms with Gasteiger partial charge in [-0.2, -0.15) is 0 Å². The van der Waals surface area contributed by atoms with E-state index in [2.05, 4.69) is 14.9 Å². The van der Waals surface area contributed by atoms with Crippen molar-refractivity contribution in [1.82, 2.24) is 19.3 Å². The second-order valence-electron chi connectivity index (χ2n) is 11.3. The highest BCUT2D eigenvalue weighted by molar-refractivity contribution is 5.84. The second-order valence-corrected chi connectivity index (χ2v) is 11.3. The van der Waals surface area contributed by atoms with Crippen molar-refractivity contribution < 1.29 is 14.2 Å². The highest BCUT2D eigenvalue weighted by Crippen LogP contribution is 2.49. The number of rotatable bonds is 5. The van der Waals surface area contributed by atoms with E-state index in [-0.39, 0.29) is 17.7 Å². The Morgan fingerprint density at radius 2 is 1.79 bits per heavy atom. The second kappa shape index (κ2) is 9.19. The van der Waals surface area contributed by atoms with E-state index in [9.17, 15) is 14.3 Å². The Morgan fingerprint density at radius 3 is 2.51 bits per heavy atom. The van der Waals surface area contributed by atoms with Gasteiger partial charge in [0.25, 0.3) is 5.56 Å². The quantitative estimate of drug-likeness (QED) is 0.404. The van der Waals surface area contributed by atoms with E-state index in [4.69, 9.17) is 4.74 Å². The molecule has 2 atom stereocenters. The molecule has 202 valence electrons. The van der Waals surface area contributed by atoms with Crippen molar-refractivity contribution in [2.45, 2.75) is 64.1 Å². The number of alkyl halides is 1. The average Bonchev–Trinajstić information content (AvgIpc) is 3.48. The van der Waals surface area contributed by atoms with Crippen LogP contribution >= 0.6 is 0 Å². The number of ether oxygens (including phenoxy) is 1. The number of aliphatic hydroxyl groups is 1. The van der Waals surface area contributed by atoms with Crippen LogP contribution in [-0.2, 0) is 6.54 Å². The molecule has 4 heterocycles. The first-order valence-electron chi connectivity index (χ1n) is 13.8. The van der Waals surface area contributed by atoms with Gasteiger partial charge in [0.05, 0.1) is 23.0 Å². The van der Waals surface area contributed by atoms with E-state index in [0.717, 1.165) is 73.3 Å². The zero-order valence-electron chi connectivity index (χ0n) is 22.0. The van der Waals surface area contributed by atoms with Crippen molar-refractivity contribution in [2.75, 3.05) is 18.0 Å². The fourth-order valence-electron chi connectivity index (χ4n) is 6.85. The van der Waals surface area contributed by atoms with Crippen molar-refractivity contribution in [3.8, 4) is 16.9 Å². The van der Waals surface area contributed by atoms with Crippen LogP contribution < -0.4 is 15.2 Å². The summed E-state index contributed by atoms with van der Waals surface area (Å²) < 4.78 is 23.0. The third-order valence-electron chi connectivity index (χ3n) is 8.86. The van der Waals surface area contributed by atoms with Crippen LogP contribution in [0, 0.1) is 5.41 Å². The van der Waals surface area contributed by atoms with Crippen LogP contribution in [0.5, 0.6) is 5.75 Å². The van der Waals surface area contributed by atoms with Gasteiger partial charge >= 0.3 is 0 Å². The molecule has 4 aromatic rings. The van der Waals surface area contributed by atoms with Gasteiger partial charge in [0.15, 0.2) is 0 Å². The van der Waals surface area contributed by atoms with Gasteiger partial charge in [0.2, 0.25) is 12.3 Å². The molecule has 0 amide bonds. The maximum Gasteiger partial charge on any atom is 0.274 e. The minimum atomic E-state index is -1.43. The normalized spacial score (nSPS) is 21.2. The maximum absolute atomic E-state index is 13.8. The molecule has 2 fully saturated rings. The molecule has 2 aromatic carbocycles. The summed E-state index contributed by atoms with van der Waals surface area (Å²) in [6.45, 7) is 3.77. The number of piperidine rings is 1. The first-order valence-corrected chi connectivity index (χ1v) is 13.8. The van der Waals surface area contributed by atoms with Gasteiger partial charge < -0.3 is 14.7 Å².